The van der Waals surface area contributed by atoms with Crippen molar-refractivity contribution in [2.45, 2.75) is 21.1 Å². The number of primary sulfonamides is 1. The number of carbonyl (C=O) groups excluding carboxylic acids is 3. The number of carbonyl (C=O) groups is 3. The first-order valence-electron chi connectivity index (χ1n) is 13.2. The van der Waals surface area contributed by atoms with Gasteiger partial charge < -0.3 is 15.0 Å². The molecule has 0 radical (unpaired) electrons. The summed E-state index contributed by atoms with van der Waals surface area (Å²) in [7, 11) is -3.91. The van der Waals surface area contributed by atoms with Crippen molar-refractivity contribution in [3.8, 4) is 5.75 Å². The Bertz CT molecular complexity index is 2080. The number of thiazole rings is 1. The summed E-state index contributed by atoms with van der Waals surface area (Å²) in [5, 5.41) is 18.5. The monoisotopic (exact) mass is 701 g/mol. The summed E-state index contributed by atoms with van der Waals surface area (Å²) >= 11 is 8.30. The number of rotatable bonds is 8. The van der Waals surface area contributed by atoms with Crippen LogP contribution in [0.3, 0.4) is 0 Å². The molecule has 2 aliphatic rings. The largest absolute Gasteiger partial charge is 0.483 e. The van der Waals surface area contributed by atoms with Gasteiger partial charge in [0.2, 0.25) is 21.8 Å². The van der Waals surface area contributed by atoms with Crippen LogP contribution in [0.2, 0.25) is 5.02 Å². The number of non-ortho nitro benzene ring substituents is 1. The second kappa shape index (κ2) is 12.0. The van der Waals surface area contributed by atoms with Crippen molar-refractivity contribution >= 4 is 79.5 Å². The van der Waals surface area contributed by atoms with E-state index in [0.717, 1.165) is 28.0 Å². The van der Waals surface area contributed by atoms with Gasteiger partial charge >= 0.3 is 4.87 Å². The fraction of sp³-hybridized carbons (Fsp3) is 0.143. The molecule has 3 aromatic carbocycles. The predicted octanol–water partition coefficient (Wildman–Crippen LogP) is 3.46. The van der Waals surface area contributed by atoms with Gasteiger partial charge in [0.05, 0.1) is 26.5 Å². The number of benzene rings is 3. The highest BCUT2D eigenvalue weighted by Crippen LogP contribution is 2.54. The highest BCUT2D eigenvalue weighted by atomic mass is 35.5. The van der Waals surface area contributed by atoms with Crippen LogP contribution in [0.15, 0.2) is 81.4 Å². The lowest BCUT2D eigenvalue weighted by molar-refractivity contribution is -0.384. The third kappa shape index (κ3) is 5.90. The number of H-pyrrole nitrogens is 1. The molecule has 1 saturated heterocycles. The predicted molar refractivity (Wildman–Crippen MR) is 169 cm³/mol. The number of hydrogen-bond acceptors (Lipinski definition) is 11. The number of ether oxygens (including phenoxy) is 1. The zero-order valence-electron chi connectivity index (χ0n) is 23.0. The summed E-state index contributed by atoms with van der Waals surface area (Å²) < 4.78 is 28.9. The molecule has 14 nitrogen and oxygen atoms in total. The number of anilines is 2. The number of hydrogen-bond donors (Lipinski definition) is 3. The number of nitro groups is 1. The normalized spacial score (nSPS) is 19.0. The van der Waals surface area contributed by atoms with Crippen molar-refractivity contribution in [1.29, 1.82) is 0 Å². The van der Waals surface area contributed by atoms with Crippen molar-refractivity contribution in [3.05, 3.63) is 102 Å². The van der Waals surface area contributed by atoms with Crippen LogP contribution in [0.25, 0.3) is 0 Å². The number of imide groups is 1. The third-order valence-corrected chi connectivity index (χ3v) is 10.8. The van der Waals surface area contributed by atoms with Crippen molar-refractivity contribution in [1.82, 2.24) is 4.98 Å². The molecule has 3 heterocycles. The van der Waals surface area contributed by atoms with Crippen LogP contribution in [-0.2, 0) is 24.4 Å². The second-order valence-electron chi connectivity index (χ2n) is 10.1. The number of aromatic nitrogens is 1. The van der Waals surface area contributed by atoms with E-state index < -0.39 is 61.2 Å². The third-order valence-electron chi connectivity index (χ3n) is 7.27. The second-order valence-corrected chi connectivity index (χ2v) is 14.3. The summed E-state index contributed by atoms with van der Waals surface area (Å²) in [5.41, 5.74) is 0.587. The number of thioether (sulfide) groups is 1. The highest BCUT2D eigenvalue weighted by molar-refractivity contribution is 8.00. The van der Waals surface area contributed by atoms with Crippen LogP contribution >= 0.6 is 34.7 Å². The number of nitrogens with two attached hydrogens (primary N) is 1. The Morgan fingerprint density at radius 3 is 2.41 bits per heavy atom. The molecule has 0 aliphatic carbocycles. The van der Waals surface area contributed by atoms with Gasteiger partial charge in [0.1, 0.15) is 11.0 Å². The number of nitrogens with one attached hydrogen (secondary N) is 2. The Hall–Kier alpha value is -4.55. The zero-order chi connectivity index (χ0) is 32.9. The lowest BCUT2D eigenvalue weighted by Crippen LogP contribution is -2.32. The minimum absolute atomic E-state index is 0.130. The number of nitrogens with zero attached hydrogens (tertiary/aromatic N) is 2. The van der Waals surface area contributed by atoms with Crippen LogP contribution < -0.4 is 25.0 Å². The topological polar surface area (TPSA) is 212 Å². The maximum absolute atomic E-state index is 14.0. The van der Waals surface area contributed by atoms with Crippen LogP contribution in [0.1, 0.15) is 16.4 Å². The lowest BCUT2D eigenvalue weighted by Gasteiger charge is -2.31. The van der Waals surface area contributed by atoms with Gasteiger partial charge in [-0.05, 0) is 54.6 Å². The van der Waals surface area contributed by atoms with Gasteiger partial charge in [0.25, 0.3) is 11.6 Å². The molecule has 0 saturated carbocycles. The molecular weight excluding hydrogens is 682 g/mol. The molecule has 46 heavy (non-hydrogen) atoms. The Morgan fingerprint density at radius 1 is 1.07 bits per heavy atom. The van der Waals surface area contributed by atoms with Crippen molar-refractivity contribution in [2.75, 3.05) is 16.8 Å². The van der Waals surface area contributed by atoms with E-state index in [0.29, 0.717) is 15.5 Å². The Kier molecular flexibility index (Phi) is 8.20. The number of aromatic amines is 1. The van der Waals surface area contributed by atoms with Crippen molar-refractivity contribution < 1.29 is 32.5 Å². The van der Waals surface area contributed by atoms with E-state index in [1.54, 1.807) is 6.07 Å². The highest BCUT2D eigenvalue weighted by Gasteiger charge is 2.57. The summed E-state index contributed by atoms with van der Waals surface area (Å²) in [5.74, 6) is -3.47. The van der Waals surface area contributed by atoms with Gasteiger partial charge in [-0.25, -0.2) is 18.5 Å². The molecule has 1 fully saturated rings. The maximum atomic E-state index is 14.0. The van der Waals surface area contributed by atoms with E-state index in [4.69, 9.17) is 21.5 Å². The average Bonchev–Trinajstić information content (AvgIpc) is 3.50. The van der Waals surface area contributed by atoms with Crippen LogP contribution in [0.5, 0.6) is 5.75 Å². The molecule has 0 bridgehead atoms. The molecule has 0 spiro atoms. The number of halogens is 1. The van der Waals surface area contributed by atoms with Crippen LogP contribution in [0.4, 0.5) is 17.1 Å². The summed E-state index contributed by atoms with van der Waals surface area (Å²) in [6.45, 7) is -0.501. The van der Waals surface area contributed by atoms with Gasteiger partial charge in [0.15, 0.2) is 6.61 Å². The minimum atomic E-state index is -3.91. The van der Waals surface area contributed by atoms with Crippen molar-refractivity contribution in [2.24, 2.45) is 11.1 Å². The fourth-order valence-corrected chi connectivity index (χ4v) is 8.49. The van der Waals surface area contributed by atoms with Gasteiger partial charge in [-0.2, -0.15) is 0 Å². The number of nitro benzene ring substituents is 1. The molecule has 2 aliphatic heterocycles. The maximum Gasteiger partial charge on any atom is 0.305 e. The number of fused-ring (bicyclic) bond motifs is 2. The van der Waals surface area contributed by atoms with Crippen molar-refractivity contribution in [3.63, 3.8) is 0 Å². The molecule has 3 unspecified atom stereocenters. The summed E-state index contributed by atoms with van der Waals surface area (Å²) in [6, 6.07) is 14.8. The van der Waals surface area contributed by atoms with Gasteiger partial charge in [-0.3, -0.25) is 29.3 Å². The quantitative estimate of drug-likeness (QED) is 0.138. The Balaban J connectivity index is 1.31. The summed E-state index contributed by atoms with van der Waals surface area (Å²) in [6.07, 6.45) is 0. The standard InChI is InChI=1S/C28H20ClN5O9S3/c29-13-1-10-19(43-12-20(35)31-14-2-8-17(9-3-14)46(30,41)42)18(11-13)21-22-24(44-25-23(21)45-28(38)32-25)27(37)33(26(22)36)15-4-6-16(7-5-15)34(39)40/h1-11,21-22,24H,12H2,(H,31,35)(H,32,38)(H2,30,41,42). The van der Waals surface area contributed by atoms with Crippen LogP contribution in [0, 0.1) is 16.0 Å². The first-order chi connectivity index (χ1) is 21.8. The smallest absolute Gasteiger partial charge is 0.305 e. The van der Waals surface area contributed by atoms with Crippen LogP contribution in [-0.4, -0.2) is 47.9 Å². The molecule has 18 heteroatoms. The SMILES string of the molecule is NS(=O)(=O)c1ccc(NC(=O)COc2ccc(Cl)cc2C2c3sc(=O)[nH]c3SC3C(=O)N(c4ccc([N+](=O)[O-])cc4)C(=O)C32)cc1. The molecular formula is C28H20ClN5O9S3. The fourth-order valence-electron chi connectivity index (χ4n) is 5.29. The lowest BCUT2D eigenvalue weighted by atomic mass is 9.82. The molecule has 6 rings (SSSR count). The zero-order valence-corrected chi connectivity index (χ0v) is 26.2. The molecule has 4 N–H and O–H groups in total. The average molecular weight is 702 g/mol. The summed E-state index contributed by atoms with van der Waals surface area (Å²) in [4.78, 5) is 67.1. The minimum Gasteiger partial charge on any atom is -0.483 e. The molecule has 3 amide bonds. The number of sulfonamides is 1. The van der Waals surface area contributed by atoms with E-state index in [9.17, 15) is 37.7 Å². The molecule has 3 atom stereocenters. The van der Waals surface area contributed by atoms with E-state index in [2.05, 4.69) is 10.3 Å². The molecule has 236 valence electrons. The van der Waals surface area contributed by atoms with Gasteiger partial charge in [-0.15, -0.1) is 0 Å². The van der Waals surface area contributed by atoms with E-state index in [-0.39, 0.29) is 32.7 Å². The van der Waals surface area contributed by atoms with E-state index in [1.165, 1.54) is 60.7 Å². The first-order valence-corrected chi connectivity index (χ1v) is 16.8. The van der Waals surface area contributed by atoms with E-state index >= 15 is 0 Å². The van der Waals surface area contributed by atoms with Gasteiger partial charge in [-0.1, -0.05) is 34.7 Å². The number of amides is 3. The van der Waals surface area contributed by atoms with E-state index in [1.807, 2.05) is 0 Å². The van der Waals surface area contributed by atoms with Gasteiger partial charge in [0, 0.05) is 39.2 Å². The molecule has 1 aromatic heterocycles. The Morgan fingerprint density at radius 2 is 1.76 bits per heavy atom. The first kappa shape index (κ1) is 31.4. The molecule has 4 aromatic rings. The Labute approximate surface area is 272 Å².